The zero-order chi connectivity index (χ0) is 51.2. The van der Waals surface area contributed by atoms with Gasteiger partial charge in [0, 0.05) is 19.6 Å². The molecule has 0 saturated carbocycles. The Hall–Kier alpha value is -3.56. The molecule has 8 unspecified atom stereocenters. The summed E-state index contributed by atoms with van der Waals surface area (Å²) in [5.41, 5.74) is -4.31. The third kappa shape index (κ3) is 18.0. The standard InChI is InChI=1S/C23H22F7N4O6P.2C7H17NO5/c1-12(14-8-15(22(25,26)27)10-16(9-14)23(28,29)30)40-20-19(13-2-4-17(24)5-3-13)33(6-7-39-20)11-18-31-21(35)34(32-18)41(36,37)38;2*1-8-2-4(10)6(12)7(13)5(11)3-9/h2-5,8-10,12,19-20H,6-7,11H2,1H3,(H,31,32,35)(H2,36,37,38);2*4-13H,2-3H2,1H3/t12-,19+,20-;;/m1../s1. The van der Waals surface area contributed by atoms with Crippen molar-refractivity contribution >= 4 is 7.75 Å². The van der Waals surface area contributed by atoms with Gasteiger partial charge in [-0.05, 0) is 62.5 Å². The molecule has 0 spiro atoms. The first-order valence-electron chi connectivity index (χ1n) is 19.8. The number of halogens is 7. The zero-order valence-electron chi connectivity index (χ0n) is 35.8. The number of aliphatic hydroxyl groups is 10. The normalized spacial score (nSPS) is 20.2. The Balaban J connectivity index is 0.000000484. The Morgan fingerprint density at radius 3 is 1.64 bits per heavy atom. The average Bonchev–Trinajstić information content (AvgIpc) is 3.65. The monoisotopic (exact) mass is 1000 g/mol. The van der Waals surface area contributed by atoms with Crippen LogP contribution in [-0.4, -0.2) is 189 Å². The molecule has 1 aromatic heterocycles. The van der Waals surface area contributed by atoms with Gasteiger partial charge in [0.25, 0.3) is 0 Å². The molecule has 1 saturated heterocycles. The summed E-state index contributed by atoms with van der Waals surface area (Å²) in [7, 11) is -1.92. The van der Waals surface area contributed by atoms with Gasteiger partial charge in [-0.25, -0.2) is 13.8 Å². The molecule has 2 aromatic carbocycles. The predicted molar refractivity (Wildman–Crippen MR) is 216 cm³/mol. The number of hydrogen-bond acceptors (Lipinski definition) is 18. The fourth-order valence-electron chi connectivity index (χ4n) is 6.09. The van der Waals surface area contributed by atoms with Crippen LogP contribution in [-0.2, 0) is 32.9 Å². The SMILES string of the molecule is CNCC(O)C(O)C(O)C(O)CO.CNCC(O)C(O)C(O)C(O)CO.C[C@@H](O[C@H]1OCCN(Cc2nn(P(=O)(O)O)c(=O)[nH]2)[C@H]1c1ccc(F)cc1)c1cc(C(F)(F)F)cc(C(F)(F)F)c1. The Morgan fingerprint density at radius 1 is 0.806 bits per heavy atom. The molecule has 30 heteroatoms. The highest BCUT2D eigenvalue weighted by Gasteiger charge is 2.40. The number of H-pyrrole nitrogens is 1. The molecule has 0 amide bonds. The topological polar surface area (TPSA) is 356 Å². The van der Waals surface area contributed by atoms with E-state index in [1.54, 1.807) is 19.0 Å². The van der Waals surface area contributed by atoms with E-state index in [1.165, 1.54) is 19.1 Å². The van der Waals surface area contributed by atoms with Gasteiger partial charge in [-0.2, -0.15) is 26.3 Å². The van der Waals surface area contributed by atoms with E-state index in [0.717, 1.165) is 12.1 Å². The molecule has 0 bridgehead atoms. The van der Waals surface area contributed by atoms with Gasteiger partial charge < -0.3 is 81.0 Å². The third-order valence-electron chi connectivity index (χ3n) is 9.67. The molecule has 1 aliphatic heterocycles. The first-order valence-corrected chi connectivity index (χ1v) is 21.3. The lowest BCUT2D eigenvalue weighted by atomic mass is 10.0. The van der Waals surface area contributed by atoms with E-state index in [-0.39, 0.29) is 49.1 Å². The second-order valence-electron chi connectivity index (χ2n) is 14.8. The van der Waals surface area contributed by atoms with Crippen LogP contribution in [0, 0.1) is 5.82 Å². The van der Waals surface area contributed by atoms with Gasteiger partial charge in [-0.1, -0.05) is 12.1 Å². The number of morpholine rings is 1. The van der Waals surface area contributed by atoms with Crippen molar-refractivity contribution in [3.8, 4) is 0 Å². The molecule has 22 nitrogen and oxygen atoms in total. The summed E-state index contributed by atoms with van der Waals surface area (Å²) in [4.78, 5) is 34.3. The number of nitrogens with one attached hydrogen (secondary N) is 3. The van der Waals surface area contributed by atoms with Gasteiger partial charge in [-0.15, -0.1) is 9.55 Å². The Bertz CT molecular complexity index is 1970. The van der Waals surface area contributed by atoms with Crippen LogP contribution in [0.1, 0.15) is 47.1 Å². The molecule has 15 N–H and O–H groups in total. The van der Waals surface area contributed by atoms with Gasteiger partial charge in [-0.3, -0.25) is 9.88 Å². The van der Waals surface area contributed by atoms with Crippen LogP contribution in [0.5, 0.6) is 0 Å². The smallest absolute Gasteiger partial charge is 0.394 e. The summed E-state index contributed by atoms with van der Waals surface area (Å²) in [6, 6.07) is 5.01. The molecule has 67 heavy (non-hydrogen) atoms. The quantitative estimate of drug-likeness (QED) is 0.0442. The molecular weight excluding hydrogens is 948 g/mol. The Morgan fingerprint density at radius 2 is 1.25 bits per heavy atom. The first-order chi connectivity index (χ1) is 31.0. The number of aromatic nitrogens is 3. The molecule has 384 valence electrons. The van der Waals surface area contributed by atoms with Gasteiger partial charge in [0.15, 0.2) is 6.29 Å². The number of benzene rings is 2. The van der Waals surface area contributed by atoms with Crippen LogP contribution in [0.4, 0.5) is 30.7 Å². The summed E-state index contributed by atoms with van der Waals surface area (Å²) in [6.45, 7) is -0.0952. The molecule has 0 radical (unpaired) electrons. The van der Waals surface area contributed by atoms with E-state index >= 15 is 0 Å². The van der Waals surface area contributed by atoms with Crippen LogP contribution in [0.15, 0.2) is 47.3 Å². The van der Waals surface area contributed by atoms with E-state index in [4.69, 9.17) is 50.3 Å². The highest BCUT2D eigenvalue weighted by atomic mass is 31.2. The average molecular weight is 1000 g/mol. The minimum Gasteiger partial charge on any atom is -0.394 e. The number of aliphatic hydroxyl groups excluding tert-OH is 10. The van der Waals surface area contributed by atoms with Gasteiger partial charge in [0.2, 0.25) is 0 Å². The van der Waals surface area contributed by atoms with Crippen LogP contribution in [0.2, 0.25) is 0 Å². The highest BCUT2D eigenvalue weighted by Crippen LogP contribution is 2.40. The van der Waals surface area contributed by atoms with Crippen LogP contribution in [0.25, 0.3) is 0 Å². The molecule has 4 rings (SSSR count). The van der Waals surface area contributed by atoms with Crippen molar-refractivity contribution in [2.45, 2.75) is 93.1 Å². The van der Waals surface area contributed by atoms with E-state index in [0.29, 0.717) is 17.7 Å². The lowest BCUT2D eigenvalue weighted by molar-refractivity contribution is -0.231. The molecule has 0 aliphatic carbocycles. The van der Waals surface area contributed by atoms with Crippen molar-refractivity contribution in [1.29, 1.82) is 0 Å². The minimum atomic E-state index is -5.07. The van der Waals surface area contributed by atoms with E-state index < -0.39 is 129 Å². The predicted octanol–water partition coefficient (Wildman–Crippen LogP) is -2.35. The molecular formula is C37H56F7N6O16P. The molecule has 2 heterocycles. The van der Waals surface area contributed by atoms with E-state index in [1.807, 2.05) is 0 Å². The summed E-state index contributed by atoms with van der Waals surface area (Å²) in [5.74, 6) is -0.775. The van der Waals surface area contributed by atoms with Crippen molar-refractivity contribution in [2.24, 2.45) is 0 Å². The number of aromatic amines is 1. The fourth-order valence-corrected chi connectivity index (χ4v) is 6.60. The fraction of sp³-hybridized carbons (Fsp3) is 0.622. The highest BCUT2D eigenvalue weighted by molar-refractivity contribution is 7.49. The van der Waals surface area contributed by atoms with Crippen molar-refractivity contribution in [1.82, 2.24) is 30.1 Å². The first kappa shape index (κ1) is 59.6. The molecule has 1 aliphatic rings. The van der Waals surface area contributed by atoms with Crippen molar-refractivity contribution < 1.29 is 106 Å². The van der Waals surface area contributed by atoms with Crippen LogP contribution >= 0.6 is 7.75 Å². The molecule has 3 aromatic rings. The summed E-state index contributed by atoms with van der Waals surface area (Å²) >= 11 is 0. The summed E-state index contributed by atoms with van der Waals surface area (Å²) < 4.78 is 117. The van der Waals surface area contributed by atoms with Crippen molar-refractivity contribution in [3.05, 3.63) is 86.8 Å². The Labute approximate surface area is 376 Å². The Kier molecular flexibility index (Phi) is 23.5. The van der Waals surface area contributed by atoms with Crippen molar-refractivity contribution in [3.63, 3.8) is 0 Å². The third-order valence-corrected chi connectivity index (χ3v) is 10.4. The maximum atomic E-state index is 13.7. The molecule has 11 atom stereocenters. The lowest BCUT2D eigenvalue weighted by Crippen LogP contribution is -2.48. The van der Waals surface area contributed by atoms with Crippen LogP contribution in [0.3, 0.4) is 0 Å². The number of ether oxygens (including phenoxy) is 2. The summed E-state index contributed by atoms with van der Waals surface area (Å²) in [6.07, 6.45) is -24.1. The van der Waals surface area contributed by atoms with Gasteiger partial charge in [0.1, 0.15) is 48.3 Å². The van der Waals surface area contributed by atoms with Crippen LogP contribution < -0.4 is 16.3 Å². The van der Waals surface area contributed by atoms with Gasteiger partial charge in [0.05, 0.1) is 61.8 Å². The second kappa shape index (κ2) is 26.4. The summed E-state index contributed by atoms with van der Waals surface area (Å²) in [5, 5.41) is 98.6. The van der Waals surface area contributed by atoms with Gasteiger partial charge >= 0.3 is 25.8 Å². The molecule has 1 fully saturated rings. The number of nitrogens with zero attached hydrogens (tertiary/aromatic N) is 3. The van der Waals surface area contributed by atoms with E-state index in [9.17, 15) is 60.1 Å². The number of alkyl halides is 6. The zero-order valence-corrected chi connectivity index (χ0v) is 36.7. The van der Waals surface area contributed by atoms with E-state index in [2.05, 4.69) is 20.7 Å². The lowest BCUT2D eigenvalue weighted by Gasteiger charge is -2.41. The largest absolute Gasteiger partial charge is 0.454 e. The second-order valence-corrected chi connectivity index (χ2v) is 16.2. The van der Waals surface area contributed by atoms with Crippen molar-refractivity contribution in [2.75, 3.05) is 53.6 Å². The number of rotatable bonds is 19. The minimum absolute atomic E-state index is 0.00603. The maximum absolute atomic E-state index is 13.7. The number of hydrogen-bond donors (Lipinski definition) is 15. The number of likely N-dealkylation sites (N-methyl/N-ethyl adjacent to an activating group) is 2. The maximum Gasteiger partial charge on any atom is 0.454 e.